The zero-order valence-corrected chi connectivity index (χ0v) is 10.00. The van der Waals surface area contributed by atoms with E-state index in [1.165, 1.54) is 0 Å². The predicted octanol–water partition coefficient (Wildman–Crippen LogP) is 1.49. The van der Waals surface area contributed by atoms with Gasteiger partial charge in [-0.2, -0.15) is 0 Å². The molecule has 0 aliphatic carbocycles. The van der Waals surface area contributed by atoms with Gasteiger partial charge in [-0.25, -0.2) is 0 Å². The average Bonchev–Trinajstić information content (AvgIpc) is 2.18. The van der Waals surface area contributed by atoms with Gasteiger partial charge in [-0.05, 0) is 19.3 Å². The van der Waals surface area contributed by atoms with Gasteiger partial charge in [-0.15, -0.1) is 0 Å². The van der Waals surface area contributed by atoms with Gasteiger partial charge in [0.15, 0.2) is 0 Å². The maximum absolute atomic E-state index is 7.88. The summed E-state index contributed by atoms with van der Waals surface area (Å²) in [5.41, 5.74) is 0. The molecule has 0 amide bonds. The molecule has 0 spiro atoms. The molecule has 0 aliphatic heterocycles. The molecule has 0 bridgehead atoms. The van der Waals surface area contributed by atoms with Crippen LogP contribution in [0.15, 0.2) is 0 Å². The van der Waals surface area contributed by atoms with Gasteiger partial charge in [0.05, 0.1) is 0 Å². The van der Waals surface area contributed by atoms with Gasteiger partial charge in [0.25, 0.3) is 0 Å². The second-order valence-corrected chi connectivity index (χ2v) is 2.17. The molecule has 9 N–H and O–H groups in total. The Morgan fingerprint density at radius 1 is 0.571 bits per heavy atom. The molecule has 0 aromatic heterocycles. The van der Waals surface area contributed by atoms with Gasteiger partial charge >= 0.3 is 0 Å². The van der Waals surface area contributed by atoms with Crippen molar-refractivity contribution in [2.24, 2.45) is 0 Å². The standard InChI is InChI=1S/3C3H8O.2H3N/c3*1-2-3-4;;/h3*4H,2-3H2,1H3;2*1H3. The summed E-state index contributed by atoms with van der Waals surface area (Å²) in [6.07, 6.45) is 2.62. The molecule has 0 unspecified atom stereocenters. The first-order chi connectivity index (χ1) is 5.74. The molecule has 0 radical (unpaired) electrons. The Hall–Kier alpha value is -0.200. The molecule has 0 rings (SSSR count). The van der Waals surface area contributed by atoms with E-state index in [1.807, 2.05) is 20.8 Å². The van der Waals surface area contributed by atoms with Crippen LogP contribution in [0.5, 0.6) is 0 Å². The Kier molecular flexibility index (Phi) is 110. The molecule has 5 heteroatoms. The van der Waals surface area contributed by atoms with Crippen LogP contribution in [0.1, 0.15) is 40.0 Å². The van der Waals surface area contributed by atoms with Crippen molar-refractivity contribution in [2.45, 2.75) is 40.0 Å². The third kappa shape index (κ3) is 176. The van der Waals surface area contributed by atoms with E-state index in [-0.39, 0.29) is 12.3 Å². The predicted molar refractivity (Wildman–Crippen MR) is 62.2 cm³/mol. The lowest BCUT2D eigenvalue weighted by molar-refractivity contribution is 0.294. The topological polar surface area (TPSA) is 131 Å². The van der Waals surface area contributed by atoms with E-state index in [0.717, 1.165) is 19.3 Å². The molecular formula is C9H30N2O3. The molecule has 0 saturated carbocycles. The molecule has 0 fully saturated rings. The van der Waals surface area contributed by atoms with Crippen LogP contribution in [0.3, 0.4) is 0 Å². The average molecular weight is 214 g/mol. The number of aliphatic hydroxyl groups excluding tert-OH is 3. The van der Waals surface area contributed by atoms with Gasteiger partial charge in [0.1, 0.15) is 0 Å². The lowest BCUT2D eigenvalue weighted by Gasteiger charge is -1.69. The molecule has 0 heterocycles. The number of hydrogen-bond acceptors (Lipinski definition) is 5. The molecule has 14 heavy (non-hydrogen) atoms. The number of hydrogen-bond donors (Lipinski definition) is 5. The number of aliphatic hydroxyl groups is 3. The maximum Gasteiger partial charge on any atom is 0.0428 e. The zero-order valence-electron chi connectivity index (χ0n) is 10.00. The van der Waals surface area contributed by atoms with Crippen molar-refractivity contribution in [2.75, 3.05) is 19.8 Å². The van der Waals surface area contributed by atoms with E-state index < -0.39 is 0 Å². The highest BCUT2D eigenvalue weighted by Gasteiger charge is 1.58. The van der Waals surface area contributed by atoms with Crippen molar-refractivity contribution in [3.63, 3.8) is 0 Å². The lowest BCUT2D eigenvalue weighted by atomic mass is 10.5. The van der Waals surface area contributed by atoms with E-state index in [0.29, 0.717) is 19.8 Å². The summed E-state index contributed by atoms with van der Waals surface area (Å²) in [4.78, 5) is 0. The summed E-state index contributed by atoms with van der Waals surface area (Å²) >= 11 is 0. The third-order valence-corrected chi connectivity index (χ3v) is 0.671. The highest BCUT2D eigenvalue weighted by atomic mass is 16.3. The normalized spacial score (nSPS) is 6.43. The second kappa shape index (κ2) is 53.0. The molecule has 0 atom stereocenters. The fourth-order valence-electron chi connectivity index (χ4n) is 0. The van der Waals surface area contributed by atoms with E-state index in [4.69, 9.17) is 15.3 Å². The summed E-state index contributed by atoms with van der Waals surface area (Å²) in [7, 11) is 0. The van der Waals surface area contributed by atoms with Crippen molar-refractivity contribution >= 4 is 0 Å². The van der Waals surface area contributed by atoms with Crippen LogP contribution in [-0.2, 0) is 0 Å². The highest BCUT2D eigenvalue weighted by Crippen LogP contribution is 1.62. The van der Waals surface area contributed by atoms with Crippen molar-refractivity contribution in [3.05, 3.63) is 0 Å². The van der Waals surface area contributed by atoms with E-state index in [1.54, 1.807) is 0 Å². The van der Waals surface area contributed by atoms with Crippen LogP contribution in [0.25, 0.3) is 0 Å². The maximum atomic E-state index is 7.88. The van der Waals surface area contributed by atoms with Gasteiger partial charge < -0.3 is 27.6 Å². The van der Waals surface area contributed by atoms with Gasteiger partial charge in [-0.1, -0.05) is 20.8 Å². The molecular weight excluding hydrogens is 184 g/mol. The molecule has 94 valence electrons. The van der Waals surface area contributed by atoms with E-state index in [9.17, 15) is 0 Å². The van der Waals surface area contributed by atoms with Crippen LogP contribution in [0.2, 0.25) is 0 Å². The molecule has 0 aromatic carbocycles. The molecule has 5 nitrogen and oxygen atoms in total. The van der Waals surface area contributed by atoms with Gasteiger partial charge in [0.2, 0.25) is 0 Å². The van der Waals surface area contributed by atoms with Crippen LogP contribution < -0.4 is 12.3 Å². The summed E-state index contributed by atoms with van der Waals surface area (Å²) in [5.74, 6) is 0. The largest absolute Gasteiger partial charge is 0.396 e. The first-order valence-electron chi connectivity index (χ1n) is 4.57. The zero-order chi connectivity index (χ0) is 10.2. The van der Waals surface area contributed by atoms with E-state index in [2.05, 4.69) is 0 Å². The molecule has 0 aromatic rings. The Bertz CT molecular complexity index is 33.5. The lowest BCUT2D eigenvalue weighted by Crippen LogP contribution is -1.69. The van der Waals surface area contributed by atoms with Crippen molar-refractivity contribution in [3.8, 4) is 0 Å². The Morgan fingerprint density at radius 3 is 0.643 bits per heavy atom. The fraction of sp³-hybridized carbons (Fsp3) is 1.00. The summed E-state index contributed by atoms with van der Waals surface area (Å²) < 4.78 is 0. The molecule has 0 aliphatic rings. The Labute approximate surface area is 88.3 Å². The molecule has 0 saturated heterocycles. The first kappa shape index (κ1) is 29.2. The third-order valence-electron chi connectivity index (χ3n) is 0.671. The van der Waals surface area contributed by atoms with Gasteiger partial charge in [0, 0.05) is 19.8 Å². The van der Waals surface area contributed by atoms with Crippen LogP contribution >= 0.6 is 0 Å². The summed E-state index contributed by atoms with van der Waals surface area (Å²) in [6.45, 7) is 6.75. The Balaban J connectivity index is -0.0000000270. The SMILES string of the molecule is CCCO.CCCO.CCCO.N.N. The van der Waals surface area contributed by atoms with Gasteiger partial charge in [-0.3, -0.25) is 0 Å². The summed E-state index contributed by atoms with van der Waals surface area (Å²) in [5, 5.41) is 23.6. The number of rotatable bonds is 3. The summed E-state index contributed by atoms with van der Waals surface area (Å²) in [6, 6.07) is 0. The van der Waals surface area contributed by atoms with Crippen LogP contribution in [0.4, 0.5) is 0 Å². The highest BCUT2D eigenvalue weighted by molar-refractivity contribution is 4.10. The van der Waals surface area contributed by atoms with Crippen LogP contribution in [-0.4, -0.2) is 35.1 Å². The smallest absolute Gasteiger partial charge is 0.0428 e. The minimum atomic E-state index is 0. The first-order valence-corrected chi connectivity index (χ1v) is 4.57. The minimum Gasteiger partial charge on any atom is -0.396 e. The van der Waals surface area contributed by atoms with Crippen LogP contribution in [0, 0.1) is 0 Å². The quantitative estimate of drug-likeness (QED) is 0.485. The Morgan fingerprint density at radius 2 is 0.643 bits per heavy atom. The van der Waals surface area contributed by atoms with E-state index >= 15 is 0 Å². The van der Waals surface area contributed by atoms with Crippen molar-refractivity contribution < 1.29 is 15.3 Å². The fourth-order valence-corrected chi connectivity index (χ4v) is 0. The van der Waals surface area contributed by atoms with Crippen molar-refractivity contribution in [1.29, 1.82) is 0 Å². The monoisotopic (exact) mass is 214 g/mol. The second-order valence-electron chi connectivity index (χ2n) is 2.17. The minimum absolute atomic E-state index is 0. The van der Waals surface area contributed by atoms with Crippen molar-refractivity contribution in [1.82, 2.24) is 12.3 Å².